The third-order valence-corrected chi connectivity index (χ3v) is 1.25. The Morgan fingerprint density at radius 3 is 0.287 bits per heavy atom. The molecule has 0 spiro atoms. The number of nitrogens with zero attached hydrogens (tertiary/aromatic N) is 1. The summed E-state index contributed by atoms with van der Waals surface area (Å²) in [5, 5.41) is 0. The zero-order valence-electron chi connectivity index (χ0n) is 34.6. The Bertz CT molecular complexity index is 198. The predicted octanol–water partition coefficient (Wildman–Crippen LogP) is 0.440. The fourth-order valence-electron chi connectivity index (χ4n) is 0.543. The van der Waals surface area contributed by atoms with Gasteiger partial charge in [0.15, 0.2) is 0 Å². The largest absolute Gasteiger partial charge is 0.239 e. The molecule has 73 heteroatoms. The van der Waals surface area contributed by atoms with Crippen LogP contribution >= 0.6 is 0 Å². The number of pyridine rings is 1. The molecule has 0 aliphatic carbocycles. The van der Waals surface area contributed by atoms with E-state index in [-0.39, 0.29) is 1520 Å². The molecule has 1 nitrogen and oxygen atoms in total. The van der Waals surface area contributed by atoms with Gasteiger partial charge >= 0.3 is 0 Å². The van der Waals surface area contributed by atoms with E-state index in [1.54, 1.807) is 0 Å². The number of aromatic nitrogens is 1. The van der Waals surface area contributed by atoms with Crippen molar-refractivity contribution in [2.24, 2.45) is 7.05 Å². The summed E-state index contributed by atoms with van der Waals surface area (Å²) in [6.07, 6.45) is 1.91. The Morgan fingerprint density at radius 1 is 0.175 bits per heavy atom. The molecule has 0 saturated heterocycles. The topological polar surface area (TPSA) is 3.88 Å². The van der Waals surface area contributed by atoms with Crippen molar-refractivity contribution in [1.82, 2.24) is 0 Å². The third kappa shape index (κ3) is 562. The third-order valence-electron chi connectivity index (χ3n) is 1.25. The van der Waals surface area contributed by atoms with Crippen molar-refractivity contribution in [2.75, 3.05) is 0 Å². The van der Waals surface area contributed by atoms with Crippen molar-refractivity contribution in [2.45, 2.75) is 6.92 Å². The fourth-order valence-corrected chi connectivity index (χ4v) is 0.543. The maximum absolute atomic E-state index is 2.96. The van der Waals surface area contributed by atoms with E-state index in [0.29, 0.717) is 0 Å². The first kappa shape index (κ1) is 653. The molecule has 0 aliphatic heterocycles. The molecule has 0 aromatic carbocycles. The van der Waals surface area contributed by atoms with Crippen molar-refractivity contribution in [3.05, 3.63) is 30.1 Å². The summed E-state index contributed by atoms with van der Waals surface area (Å²) in [5.41, 5.74) is 1.25. The van der Waals surface area contributed by atoms with Crippen LogP contribution in [0, 0.1) is 13.0 Å². The van der Waals surface area contributed by atoms with Crippen LogP contribution in [0.25, 0.3) is 0 Å². The Hall–Kier alpha value is 48.7. The van der Waals surface area contributed by atoms with Crippen LogP contribution in [0.4, 0.5) is 0 Å². The Kier molecular flexibility index (Phi) is 4850. The molecule has 1 aromatic heterocycles. The van der Waals surface area contributed by atoms with Gasteiger partial charge in [-0.25, -0.2) is 10.6 Å². The molecule has 0 aliphatic rings. The molecule has 0 fully saturated rings. The van der Waals surface area contributed by atoms with Crippen LogP contribution in [-0.4, -0.2) is 0 Å². The number of aryl methyl sites for hydroxylation is 2. The fraction of sp³-hybridized carbons (Fsp3) is 0.286. The number of rotatable bonds is 0. The number of hydrogen-bond acceptors (Lipinski definition) is 0. The second-order valence-corrected chi connectivity index (χ2v) is 1.88. The van der Waals surface area contributed by atoms with E-state index in [1.807, 2.05) is 29.9 Å². The Morgan fingerprint density at radius 2 is 0.250 bits per heavy atom. The minimum absolute atomic E-state index is 0. The van der Waals surface area contributed by atoms with Crippen molar-refractivity contribution in [3.8, 4) is 0 Å². The zero-order valence-corrected chi connectivity index (χ0v) is 246. The Balaban J connectivity index is -0.000000000127. The summed E-state index contributed by atoms with van der Waals surface area (Å²) in [6, 6.07) is 6.90. The molecular weight excluding hydrogens is 13300 g/mol. The quantitative estimate of drug-likeness (QED) is 0.263. The van der Waals surface area contributed by atoms with Crippen molar-refractivity contribution in [3.63, 3.8) is 0 Å². The van der Waals surface area contributed by atoms with Crippen LogP contribution in [0.5, 0.6) is 0 Å². The minimum Gasteiger partial charge on any atom is -0.239 e. The molecule has 0 atom stereocenters. The summed E-state index contributed by atoms with van der Waals surface area (Å²) in [6.45, 7) is 2.06. The molecule has 0 bridgehead atoms. The normalized spacial score (nSPS) is 0.925. The first-order valence-corrected chi connectivity index (χ1v) is 2.63. The standard InChI is InChI=1S/C7H9N.72W/c1-7-5-3-4-6-8(7)2;;;;;;;;;;;;;;;;;;;;;;;;;;;;;;;;;;;;;;;;;;;;;;;;;;;;;;;;;;;;;;;;;;;;;;;;/h3,5-6H,1-2H3;;;;;;;;;;;;;;;;;;;;;;;;;;;;;;;;;;;;;;;;;;;;;;;;;;;;;;;;;;;;;;;;;;;;;;;;. The maximum atomic E-state index is 2.96. The summed E-state index contributed by atoms with van der Waals surface area (Å²) >= 11 is 0. The molecule has 0 N–H and O–H groups in total. The van der Waals surface area contributed by atoms with Gasteiger partial charge in [0.05, 0.1) is 11.9 Å². The number of hydrogen-bond donors (Lipinski definition) is 0. The van der Waals surface area contributed by atoms with Gasteiger partial charge in [0.25, 0.3) is 0 Å². The van der Waals surface area contributed by atoms with Gasteiger partial charge in [-0.2, -0.15) is 6.07 Å². The van der Waals surface area contributed by atoms with Gasteiger partial charge in [0.2, 0.25) is 0 Å². The molecule has 474 valence electrons. The summed E-state index contributed by atoms with van der Waals surface area (Å²) in [4.78, 5) is 0. The first-order chi connectivity index (χ1) is 3.80. The second-order valence-electron chi connectivity index (χ2n) is 1.88. The molecule has 0 radical (unpaired) electrons. The molecule has 1 rings (SSSR count). The molecule has 0 unspecified atom stereocenters. The van der Waals surface area contributed by atoms with Crippen LogP contribution in [0.2, 0.25) is 0 Å². The van der Waals surface area contributed by atoms with Gasteiger partial charge in [-0.15, -0.1) is 6.07 Å². The summed E-state index contributed by atoms with van der Waals surface area (Å²) in [5.74, 6) is 0. The van der Waals surface area contributed by atoms with E-state index in [1.165, 1.54) is 5.69 Å². The molecule has 1 aromatic rings. The van der Waals surface area contributed by atoms with Crippen molar-refractivity contribution >= 4 is 0 Å². The smallest absolute Gasteiger partial charge is 0.135 e. The van der Waals surface area contributed by atoms with Crippen LogP contribution < -0.4 is 4.57 Å². The molecule has 1 heterocycles. The molecule has 0 saturated carbocycles. The van der Waals surface area contributed by atoms with Crippen LogP contribution in [-0.2, 0) is 1520 Å². The van der Waals surface area contributed by atoms with Crippen LogP contribution in [0.1, 0.15) is 5.69 Å². The monoisotopic (exact) mass is 13400 g/mol. The Labute approximate surface area is 1520 Å². The van der Waals surface area contributed by atoms with Crippen molar-refractivity contribution < 1.29 is 1520 Å². The van der Waals surface area contributed by atoms with E-state index >= 15 is 0 Å². The predicted molar refractivity (Wildman–Crippen MR) is 31.2 cm³/mol. The first-order valence-electron chi connectivity index (χ1n) is 2.63. The maximum Gasteiger partial charge on any atom is 0.135 e. The van der Waals surface area contributed by atoms with Gasteiger partial charge in [-0.05, 0) is 0 Å². The van der Waals surface area contributed by atoms with Gasteiger partial charge in [0.1, 0.15) is 7.05 Å². The molecule has 0 amide bonds. The molecular formula is C7H9NW72. The summed E-state index contributed by atoms with van der Waals surface area (Å²) < 4.78 is 2.03. The van der Waals surface area contributed by atoms with Gasteiger partial charge < -0.3 is 0 Å². The average Bonchev–Trinajstić information content (AvgIpc) is 1.77. The molecule has 80 heavy (non-hydrogen) atoms. The van der Waals surface area contributed by atoms with Gasteiger partial charge in [-0.3, -0.25) is 0 Å². The van der Waals surface area contributed by atoms with Gasteiger partial charge in [-0.1, -0.05) is 0 Å². The average molecular weight is 13300 g/mol. The van der Waals surface area contributed by atoms with Crippen molar-refractivity contribution in [1.29, 1.82) is 0 Å². The van der Waals surface area contributed by atoms with E-state index in [0.717, 1.165) is 0 Å². The SMILES string of the molecule is Cc1cc[c-]c[n+]1C.[W].[W].[W].[W].[W].[W].[W].[W].[W].[W].[W].[W].[W].[W].[W].[W].[W].[W].[W].[W].[W].[W].[W].[W].[W].[W].[W].[W].[W].[W].[W].[W].[W].[W].[W].[W].[W].[W].[W].[W].[W].[W].[W].[W].[W].[W].[W].[W].[W].[W].[W].[W].[W].[W].[W].[W].[W].[W].[W].[W].[W].[W].[W].[W].[W].[W].[W].[W].[W].[W].[W].[W]. The minimum atomic E-state index is 0. The van der Waals surface area contributed by atoms with E-state index in [4.69, 9.17) is 0 Å². The van der Waals surface area contributed by atoms with Crippen LogP contribution in [0.15, 0.2) is 18.3 Å². The van der Waals surface area contributed by atoms with E-state index < -0.39 is 0 Å². The van der Waals surface area contributed by atoms with E-state index in [9.17, 15) is 0 Å². The van der Waals surface area contributed by atoms with E-state index in [2.05, 4.69) is 13.0 Å². The second kappa shape index (κ2) is 595. The van der Waals surface area contributed by atoms with Gasteiger partial charge in [0, 0.05) is 1520 Å². The van der Waals surface area contributed by atoms with Crippen LogP contribution in [0.3, 0.4) is 0 Å². The zero-order chi connectivity index (χ0) is 5.98. The summed E-state index contributed by atoms with van der Waals surface area (Å²) in [7, 11) is 2.01.